The van der Waals surface area contributed by atoms with Gasteiger partial charge in [-0.05, 0) is 51.6 Å². The van der Waals surface area contributed by atoms with Gasteiger partial charge in [0.05, 0.1) is 0 Å². The molecule has 0 saturated carbocycles. The minimum absolute atomic E-state index is 0.472. The van der Waals surface area contributed by atoms with E-state index in [1.807, 2.05) is 0 Å². The maximum absolute atomic E-state index is 5.63. The van der Waals surface area contributed by atoms with Crippen molar-refractivity contribution in [3.63, 3.8) is 0 Å². The van der Waals surface area contributed by atoms with Crippen LogP contribution >= 0.6 is 12.6 Å². The lowest BCUT2D eigenvalue weighted by Crippen LogP contribution is -2.25. The van der Waals surface area contributed by atoms with Gasteiger partial charge in [-0.3, -0.25) is 0 Å². The summed E-state index contributed by atoms with van der Waals surface area (Å²) in [5.74, 6) is 0.804. The summed E-state index contributed by atoms with van der Waals surface area (Å²) in [7, 11) is 2.18. The standard InChI is InChI=1S/C15H33NOS/c1-14(2)9-8-12-17-11-7-5-6-10-16(4)13-15(3)18/h14-15,18H,5-13H2,1-4H3. The summed E-state index contributed by atoms with van der Waals surface area (Å²) < 4.78 is 5.63. The van der Waals surface area contributed by atoms with Crippen molar-refractivity contribution in [1.29, 1.82) is 0 Å². The Balaban J connectivity index is 3.11. The van der Waals surface area contributed by atoms with Gasteiger partial charge in [0.1, 0.15) is 0 Å². The third-order valence-corrected chi connectivity index (χ3v) is 3.14. The van der Waals surface area contributed by atoms with Crippen LogP contribution in [0.15, 0.2) is 0 Å². The quantitative estimate of drug-likeness (QED) is 0.429. The molecule has 18 heavy (non-hydrogen) atoms. The van der Waals surface area contributed by atoms with Gasteiger partial charge in [-0.1, -0.05) is 20.8 Å². The van der Waals surface area contributed by atoms with E-state index in [1.165, 1.54) is 38.6 Å². The number of thiol groups is 1. The first-order valence-electron chi connectivity index (χ1n) is 7.46. The third kappa shape index (κ3) is 14.3. The van der Waals surface area contributed by atoms with Crippen LogP contribution in [0.25, 0.3) is 0 Å². The van der Waals surface area contributed by atoms with Crippen molar-refractivity contribution in [2.45, 2.75) is 58.1 Å². The van der Waals surface area contributed by atoms with Crippen LogP contribution in [0.1, 0.15) is 52.9 Å². The normalized spacial score (nSPS) is 13.5. The molecule has 0 aromatic carbocycles. The molecular weight excluding hydrogens is 242 g/mol. The average Bonchev–Trinajstić information content (AvgIpc) is 2.25. The van der Waals surface area contributed by atoms with Gasteiger partial charge in [0.2, 0.25) is 0 Å². The summed E-state index contributed by atoms with van der Waals surface area (Å²) in [6, 6.07) is 0. The van der Waals surface area contributed by atoms with Crippen LogP contribution in [0, 0.1) is 5.92 Å². The van der Waals surface area contributed by atoms with Crippen LogP contribution < -0.4 is 0 Å². The van der Waals surface area contributed by atoms with E-state index in [0.29, 0.717) is 5.25 Å². The highest BCUT2D eigenvalue weighted by Crippen LogP contribution is 2.04. The molecule has 0 aromatic heterocycles. The molecule has 0 radical (unpaired) electrons. The summed E-state index contributed by atoms with van der Waals surface area (Å²) >= 11 is 4.40. The van der Waals surface area contributed by atoms with Crippen molar-refractivity contribution in [2.75, 3.05) is 33.4 Å². The molecule has 0 saturated heterocycles. The molecule has 0 heterocycles. The second kappa shape index (κ2) is 12.3. The van der Waals surface area contributed by atoms with Gasteiger partial charge in [0.15, 0.2) is 0 Å². The van der Waals surface area contributed by atoms with E-state index in [2.05, 4.69) is 45.3 Å². The van der Waals surface area contributed by atoms with Gasteiger partial charge in [-0.15, -0.1) is 0 Å². The highest BCUT2D eigenvalue weighted by atomic mass is 32.1. The fourth-order valence-electron chi connectivity index (χ4n) is 2.00. The van der Waals surface area contributed by atoms with Crippen molar-refractivity contribution in [2.24, 2.45) is 5.92 Å². The highest BCUT2D eigenvalue weighted by molar-refractivity contribution is 7.80. The molecule has 0 bridgehead atoms. The van der Waals surface area contributed by atoms with E-state index >= 15 is 0 Å². The van der Waals surface area contributed by atoms with Gasteiger partial charge in [-0.25, -0.2) is 0 Å². The molecule has 0 aliphatic heterocycles. The Morgan fingerprint density at radius 3 is 2.28 bits per heavy atom. The maximum atomic E-state index is 5.63. The summed E-state index contributed by atoms with van der Waals surface area (Å²) in [5.41, 5.74) is 0. The van der Waals surface area contributed by atoms with E-state index in [1.54, 1.807) is 0 Å². The SMILES string of the molecule is CC(C)CCCOCCCCCN(C)CC(C)S. The Morgan fingerprint density at radius 1 is 1.00 bits per heavy atom. The number of hydrogen-bond donors (Lipinski definition) is 1. The fraction of sp³-hybridized carbons (Fsp3) is 1.00. The fourth-order valence-corrected chi connectivity index (χ4v) is 2.28. The van der Waals surface area contributed by atoms with E-state index in [-0.39, 0.29) is 0 Å². The first kappa shape index (κ1) is 18.3. The number of rotatable bonds is 12. The van der Waals surface area contributed by atoms with Crippen LogP contribution in [0.3, 0.4) is 0 Å². The lowest BCUT2D eigenvalue weighted by Gasteiger charge is -2.18. The van der Waals surface area contributed by atoms with Crippen LogP contribution in [0.4, 0.5) is 0 Å². The molecule has 0 aliphatic carbocycles. The monoisotopic (exact) mass is 275 g/mol. The van der Waals surface area contributed by atoms with Gasteiger partial charge < -0.3 is 9.64 Å². The van der Waals surface area contributed by atoms with Gasteiger partial charge >= 0.3 is 0 Å². The van der Waals surface area contributed by atoms with E-state index < -0.39 is 0 Å². The molecule has 0 aliphatic rings. The number of ether oxygens (including phenoxy) is 1. The zero-order valence-electron chi connectivity index (χ0n) is 12.8. The minimum atomic E-state index is 0.472. The number of nitrogens with zero attached hydrogens (tertiary/aromatic N) is 1. The molecule has 1 atom stereocenters. The number of unbranched alkanes of at least 4 members (excludes halogenated alkanes) is 2. The first-order chi connectivity index (χ1) is 8.52. The number of hydrogen-bond acceptors (Lipinski definition) is 3. The zero-order chi connectivity index (χ0) is 13.8. The largest absolute Gasteiger partial charge is 0.381 e. The molecule has 2 nitrogen and oxygen atoms in total. The minimum Gasteiger partial charge on any atom is -0.381 e. The van der Waals surface area contributed by atoms with Gasteiger partial charge in [0, 0.05) is 25.0 Å². The topological polar surface area (TPSA) is 12.5 Å². The Hall–Kier alpha value is 0.270. The third-order valence-electron chi connectivity index (χ3n) is 2.97. The molecule has 0 spiro atoms. The second-order valence-electron chi connectivity index (χ2n) is 5.82. The Labute approximate surface area is 120 Å². The summed E-state index contributed by atoms with van der Waals surface area (Å²) in [6.45, 7) is 10.8. The van der Waals surface area contributed by atoms with E-state index in [0.717, 1.165) is 25.7 Å². The predicted octanol–water partition coefficient (Wildman–Crippen LogP) is 3.86. The van der Waals surface area contributed by atoms with Crippen LogP contribution in [0.2, 0.25) is 0 Å². The van der Waals surface area contributed by atoms with Crippen LogP contribution in [-0.2, 0) is 4.74 Å². The summed E-state index contributed by atoms with van der Waals surface area (Å²) in [4.78, 5) is 2.36. The molecule has 0 fully saturated rings. The van der Waals surface area contributed by atoms with Crippen molar-refractivity contribution in [1.82, 2.24) is 4.90 Å². The molecular formula is C15H33NOS. The molecule has 1 unspecified atom stereocenters. The smallest absolute Gasteiger partial charge is 0.0466 e. The summed E-state index contributed by atoms with van der Waals surface area (Å²) in [6.07, 6.45) is 6.24. The molecule has 3 heteroatoms. The van der Waals surface area contributed by atoms with Gasteiger partial charge in [-0.2, -0.15) is 12.6 Å². The van der Waals surface area contributed by atoms with Gasteiger partial charge in [0.25, 0.3) is 0 Å². The van der Waals surface area contributed by atoms with E-state index in [9.17, 15) is 0 Å². The first-order valence-corrected chi connectivity index (χ1v) is 7.98. The predicted molar refractivity (Wildman–Crippen MR) is 84.7 cm³/mol. The molecule has 110 valence electrons. The van der Waals surface area contributed by atoms with Crippen molar-refractivity contribution in [3.8, 4) is 0 Å². The Kier molecular flexibility index (Phi) is 12.5. The Bertz CT molecular complexity index is 174. The van der Waals surface area contributed by atoms with Crippen molar-refractivity contribution in [3.05, 3.63) is 0 Å². The molecule has 0 amide bonds. The van der Waals surface area contributed by atoms with Crippen molar-refractivity contribution < 1.29 is 4.74 Å². The molecule has 0 aromatic rings. The van der Waals surface area contributed by atoms with Crippen LogP contribution in [-0.4, -0.2) is 43.5 Å². The molecule has 0 N–H and O–H groups in total. The molecule has 0 rings (SSSR count). The highest BCUT2D eigenvalue weighted by Gasteiger charge is 2.01. The average molecular weight is 276 g/mol. The van der Waals surface area contributed by atoms with Crippen LogP contribution in [0.5, 0.6) is 0 Å². The Morgan fingerprint density at radius 2 is 1.67 bits per heavy atom. The summed E-state index contributed by atoms with van der Waals surface area (Å²) in [5, 5.41) is 0.472. The second-order valence-corrected chi connectivity index (χ2v) is 6.70. The lowest BCUT2D eigenvalue weighted by atomic mass is 10.1. The zero-order valence-corrected chi connectivity index (χ0v) is 13.7. The van der Waals surface area contributed by atoms with E-state index in [4.69, 9.17) is 4.74 Å². The lowest BCUT2D eigenvalue weighted by molar-refractivity contribution is 0.123. The maximum Gasteiger partial charge on any atom is 0.0466 e. The van der Waals surface area contributed by atoms with Crippen molar-refractivity contribution >= 4 is 12.6 Å².